The van der Waals surface area contributed by atoms with E-state index in [0.717, 1.165) is 22.6 Å². The topological polar surface area (TPSA) is 46.4 Å². The summed E-state index contributed by atoms with van der Waals surface area (Å²) in [7, 11) is 0. The molecule has 26 heavy (non-hydrogen) atoms. The van der Waals surface area contributed by atoms with Crippen LogP contribution in [0.15, 0.2) is 77.9 Å². The van der Waals surface area contributed by atoms with Gasteiger partial charge in [-0.15, -0.1) is 0 Å². The predicted octanol–water partition coefficient (Wildman–Crippen LogP) is 4.52. The Kier molecular flexibility index (Phi) is 5.44. The summed E-state index contributed by atoms with van der Waals surface area (Å²) < 4.78 is 2.15. The van der Waals surface area contributed by atoms with Crippen molar-refractivity contribution in [2.24, 2.45) is 5.10 Å². The maximum absolute atomic E-state index is 12.2. The van der Waals surface area contributed by atoms with Crippen molar-refractivity contribution >= 4 is 18.2 Å². The van der Waals surface area contributed by atoms with Gasteiger partial charge in [0.15, 0.2) is 0 Å². The van der Waals surface area contributed by atoms with Crippen LogP contribution < -0.4 is 5.43 Å². The van der Waals surface area contributed by atoms with Crippen LogP contribution in [0.1, 0.15) is 27.3 Å². The Morgan fingerprint density at radius 1 is 0.923 bits per heavy atom. The normalized spacial score (nSPS) is 11.3. The van der Waals surface area contributed by atoms with Crippen molar-refractivity contribution in [1.82, 2.24) is 9.99 Å². The van der Waals surface area contributed by atoms with E-state index in [4.69, 9.17) is 0 Å². The van der Waals surface area contributed by atoms with Crippen LogP contribution in [-0.4, -0.2) is 16.7 Å². The molecule has 2 aromatic carbocycles. The third-order valence-corrected chi connectivity index (χ3v) is 4.07. The van der Waals surface area contributed by atoms with E-state index in [1.165, 1.54) is 0 Å². The number of aryl methyl sites for hydroxylation is 2. The number of benzene rings is 2. The molecule has 0 radical (unpaired) electrons. The Labute approximate surface area is 153 Å². The van der Waals surface area contributed by atoms with Gasteiger partial charge in [-0.1, -0.05) is 36.4 Å². The average molecular weight is 343 g/mol. The summed E-state index contributed by atoms with van der Waals surface area (Å²) in [4.78, 5) is 12.2. The minimum absolute atomic E-state index is 0.234. The highest BCUT2D eigenvalue weighted by Gasteiger charge is 2.07. The molecule has 0 fully saturated rings. The van der Waals surface area contributed by atoms with Crippen LogP contribution in [0.3, 0.4) is 0 Å². The minimum Gasteiger partial charge on any atom is -0.319 e. The molecule has 0 aliphatic heterocycles. The lowest BCUT2D eigenvalue weighted by molar-refractivity contribution is 0.0955. The summed E-state index contributed by atoms with van der Waals surface area (Å²) in [6.07, 6.45) is 5.27. The highest BCUT2D eigenvalue weighted by atomic mass is 16.2. The third-order valence-electron chi connectivity index (χ3n) is 4.07. The molecule has 1 heterocycles. The number of rotatable bonds is 5. The monoisotopic (exact) mass is 343 g/mol. The van der Waals surface area contributed by atoms with Crippen molar-refractivity contribution in [2.45, 2.75) is 13.8 Å². The van der Waals surface area contributed by atoms with Gasteiger partial charge < -0.3 is 4.57 Å². The summed E-state index contributed by atoms with van der Waals surface area (Å²) in [5.74, 6) is -0.234. The number of hydrazone groups is 1. The standard InChI is InChI=1S/C22H21N3O/c1-17-10-11-18(2)25(17)21-14-12-20(13-15-21)22(26)24-23-16-6-9-19-7-4-3-5-8-19/h3-16H,1-2H3,(H,24,26)/b9-6+,23-16+. The van der Waals surface area contributed by atoms with Crippen molar-refractivity contribution in [1.29, 1.82) is 0 Å². The number of carbonyl (C=O) groups is 1. The molecule has 0 aliphatic rings. The van der Waals surface area contributed by atoms with E-state index in [0.29, 0.717) is 5.56 Å². The molecule has 0 bridgehead atoms. The number of hydrogen-bond donors (Lipinski definition) is 1. The molecule has 4 heteroatoms. The lowest BCUT2D eigenvalue weighted by Crippen LogP contribution is -2.17. The maximum Gasteiger partial charge on any atom is 0.271 e. The first-order chi connectivity index (χ1) is 12.6. The van der Waals surface area contributed by atoms with Gasteiger partial charge in [0, 0.05) is 28.9 Å². The van der Waals surface area contributed by atoms with Crippen LogP contribution in [0, 0.1) is 13.8 Å². The van der Waals surface area contributed by atoms with Gasteiger partial charge in [0.2, 0.25) is 0 Å². The van der Waals surface area contributed by atoms with Gasteiger partial charge in [0.1, 0.15) is 0 Å². The molecule has 1 N–H and O–H groups in total. The number of nitrogens with zero attached hydrogens (tertiary/aromatic N) is 2. The van der Waals surface area contributed by atoms with E-state index in [2.05, 4.69) is 41.1 Å². The van der Waals surface area contributed by atoms with Crippen molar-refractivity contribution in [3.8, 4) is 5.69 Å². The molecule has 0 spiro atoms. The zero-order valence-electron chi connectivity index (χ0n) is 14.9. The molecule has 130 valence electrons. The molecular formula is C22H21N3O. The van der Waals surface area contributed by atoms with Gasteiger partial charge in [0.25, 0.3) is 5.91 Å². The number of nitrogens with one attached hydrogen (secondary N) is 1. The average Bonchev–Trinajstić information content (AvgIpc) is 3.00. The van der Waals surface area contributed by atoms with Gasteiger partial charge in [0.05, 0.1) is 0 Å². The SMILES string of the molecule is Cc1ccc(C)n1-c1ccc(C(=O)N/N=C/C=C/c2ccccc2)cc1. The Morgan fingerprint density at radius 3 is 2.23 bits per heavy atom. The third kappa shape index (κ3) is 4.16. The number of hydrogen-bond acceptors (Lipinski definition) is 2. The Balaban J connectivity index is 1.60. The van der Waals surface area contributed by atoms with Crippen LogP contribution in [0.25, 0.3) is 11.8 Å². The van der Waals surface area contributed by atoms with E-state index in [1.807, 2.05) is 48.5 Å². The Morgan fingerprint density at radius 2 is 1.58 bits per heavy atom. The van der Waals surface area contributed by atoms with Crippen LogP contribution in [-0.2, 0) is 0 Å². The highest BCUT2D eigenvalue weighted by Crippen LogP contribution is 2.16. The van der Waals surface area contributed by atoms with E-state index in [1.54, 1.807) is 24.4 Å². The van der Waals surface area contributed by atoms with Crippen LogP contribution in [0.2, 0.25) is 0 Å². The van der Waals surface area contributed by atoms with E-state index >= 15 is 0 Å². The number of amides is 1. The second kappa shape index (κ2) is 8.12. The Bertz CT molecular complexity index is 916. The fourth-order valence-electron chi connectivity index (χ4n) is 2.76. The molecular weight excluding hydrogens is 322 g/mol. The second-order valence-electron chi connectivity index (χ2n) is 5.99. The van der Waals surface area contributed by atoms with Gasteiger partial charge >= 0.3 is 0 Å². The first-order valence-corrected chi connectivity index (χ1v) is 8.45. The lowest BCUT2D eigenvalue weighted by atomic mass is 10.2. The largest absolute Gasteiger partial charge is 0.319 e. The molecule has 0 atom stereocenters. The fourth-order valence-corrected chi connectivity index (χ4v) is 2.76. The highest BCUT2D eigenvalue weighted by molar-refractivity contribution is 5.94. The predicted molar refractivity (Wildman–Crippen MR) is 107 cm³/mol. The smallest absolute Gasteiger partial charge is 0.271 e. The molecule has 3 rings (SSSR count). The number of aromatic nitrogens is 1. The molecule has 0 unspecified atom stereocenters. The van der Waals surface area contributed by atoms with E-state index in [-0.39, 0.29) is 5.91 Å². The molecule has 0 saturated carbocycles. The second-order valence-corrected chi connectivity index (χ2v) is 5.99. The summed E-state index contributed by atoms with van der Waals surface area (Å²) in [6, 6.07) is 21.5. The van der Waals surface area contributed by atoms with Crippen LogP contribution >= 0.6 is 0 Å². The molecule has 4 nitrogen and oxygen atoms in total. The van der Waals surface area contributed by atoms with E-state index < -0.39 is 0 Å². The maximum atomic E-state index is 12.2. The molecule has 3 aromatic rings. The zero-order chi connectivity index (χ0) is 18.4. The van der Waals surface area contributed by atoms with Crippen molar-refractivity contribution in [3.05, 3.63) is 95.3 Å². The minimum atomic E-state index is -0.234. The molecule has 0 saturated heterocycles. The van der Waals surface area contributed by atoms with Gasteiger partial charge in [-0.3, -0.25) is 4.79 Å². The first kappa shape index (κ1) is 17.4. The first-order valence-electron chi connectivity index (χ1n) is 8.45. The molecule has 1 aromatic heterocycles. The number of carbonyl (C=O) groups excluding carboxylic acids is 1. The van der Waals surface area contributed by atoms with E-state index in [9.17, 15) is 4.79 Å². The Hall–Kier alpha value is -3.40. The van der Waals surface area contributed by atoms with Gasteiger partial charge in [-0.25, -0.2) is 5.43 Å². The molecule has 1 amide bonds. The zero-order valence-corrected chi connectivity index (χ0v) is 14.9. The van der Waals surface area contributed by atoms with Gasteiger partial charge in [-0.05, 0) is 61.9 Å². The number of allylic oxidation sites excluding steroid dienone is 1. The van der Waals surface area contributed by atoms with Crippen LogP contribution in [0.5, 0.6) is 0 Å². The fraction of sp³-hybridized carbons (Fsp3) is 0.0909. The summed E-state index contributed by atoms with van der Waals surface area (Å²) in [6.45, 7) is 4.12. The summed E-state index contributed by atoms with van der Waals surface area (Å²) in [5.41, 5.74) is 7.55. The van der Waals surface area contributed by atoms with Crippen LogP contribution in [0.4, 0.5) is 0 Å². The quantitative estimate of drug-likeness (QED) is 0.537. The van der Waals surface area contributed by atoms with Gasteiger partial charge in [-0.2, -0.15) is 5.10 Å². The van der Waals surface area contributed by atoms with Crippen molar-refractivity contribution < 1.29 is 4.79 Å². The lowest BCUT2D eigenvalue weighted by Gasteiger charge is -2.09. The molecule has 0 aliphatic carbocycles. The summed E-state index contributed by atoms with van der Waals surface area (Å²) in [5, 5.41) is 3.95. The van der Waals surface area contributed by atoms with Crippen molar-refractivity contribution in [2.75, 3.05) is 0 Å². The summed E-state index contributed by atoms with van der Waals surface area (Å²) >= 11 is 0. The van der Waals surface area contributed by atoms with Crippen molar-refractivity contribution in [3.63, 3.8) is 0 Å².